The van der Waals surface area contributed by atoms with E-state index in [9.17, 15) is 19.3 Å². The van der Waals surface area contributed by atoms with Gasteiger partial charge in [0.25, 0.3) is 11.6 Å². The summed E-state index contributed by atoms with van der Waals surface area (Å²) < 4.78 is 13.9. The summed E-state index contributed by atoms with van der Waals surface area (Å²) in [5.41, 5.74) is 0.411. The first-order valence-corrected chi connectivity index (χ1v) is 8.54. The number of nitrogens with zero attached hydrogens (tertiary/aromatic N) is 3. The van der Waals surface area contributed by atoms with Gasteiger partial charge in [-0.2, -0.15) is 5.26 Å². The van der Waals surface area contributed by atoms with Crippen LogP contribution < -0.4 is 10.2 Å². The van der Waals surface area contributed by atoms with Gasteiger partial charge in [0.05, 0.1) is 22.2 Å². The van der Waals surface area contributed by atoms with Crippen molar-refractivity contribution in [3.05, 3.63) is 63.5 Å². The number of rotatable bonds is 4. The van der Waals surface area contributed by atoms with Gasteiger partial charge in [0.2, 0.25) is 0 Å². The van der Waals surface area contributed by atoms with E-state index in [1.165, 1.54) is 24.3 Å². The van der Waals surface area contributed by atoms with Gasteiger partial charge < -0.3 is 10.2 Å². The number of amides is 1. The van der Waals surface area contributed by atoms with Gasteiger partial charge >= 0.3 is 0 Å². The Hall–Kier alpha value is -3.47. The second-order valence-electron chi connectivity index (χ2n) is 6.27. The van der Waals surface area contributed by atoms with Crippen LogP contribution in [0.3, 0.4) is 0 Å². The summed E-state index contributed by atoms with van der Waals surface area (Å²) in [5.74, 6) is -1.38. The SMILES string of the molecule is N#Cc1ccc(F)c(NC(=O)c2ccc(N3CCCCC3)c([N+](=O)[O-])c2)c1. The van der Waals surface area contributed by atoms with E-state index < -0.39 is 16.6 Å². The molecule has 8 heteroatoms. The highest BCUT2D eigenvalue weighted by atomic mass is 19.1. The molecule has 3 rings (SSSR count). The maximum atomic E-state index is 13.9. The van der Waals surface area contributed by atoms with Gasteiger partial charge in [0.15, 0.2) is 0 Å². The van der Waals surface area contributed by atoms with Crippen molar-refractivity contribution in [3.8, 4) is 6.07 Å². The van der Waals surface area contributed by atoms with Crippen molar-refractivity contribution in [1.82, 2.24) is 0 Å². The van der Waals surface area contributed by atoms with Gasteiger partial charge in [0.1, 0.15) is 11.5 Å². The lowest BCUT2D eigenvalue weighted by Gasteiger charge is -2.28. The van der Waals surface area contributed by atoms with Gasteiger partial charge in [-0.05, 0) is 49.6 Å². The molecule has 1 heterocycles. The van der Waals surface area contributed by atoms with Crippen molar-refractivity contribution in [2.24, 2.45) is 0 Å². The van der Waals surface area contributed by atoms with Crippen LogP contribution in [-0.4, -0.2) is 23.9 Å². The van der Waals surface area contributed by atoms with E-state index in [1.807, 2.05) is 11.0 Å². The van der Waals surface area contributed by atoms with E-state index in [4.69, 9.17) is 5.26 Å². The zero-order chi connectivity index (χ0) is 19.4. The highest BCUT2D eigenvalue weighted by Crippen LogP contribution is 2.31. The predicted octanol–water partition coefficient (Wildman–Crippen LogP) is 3.85. The molecule has 0 bridgehead atoms. The maximum absolute atomic E-state index is 13.9. The number of carbonyl (C=O) groups excluding carboxylic acids is 1. The third-order valence-electron chi connectivity index (χ3n) is 4.47. The lowest BCUT2D eigenvalue weighted by molar-refractivity contribution is -0.384. The van der Waals surface area contributed by atoms with Crippen molar-refractivity contribution in [3.63, 3.8) is 0 Å². The molecule has 1 aliphatic heterocycles. The monoisotopic (exact) mass is 368 g/mol. The quantitative estimate of drug-likeness (QED) is 0.653. The Labute approximate surface area is 155 Å². The molecule has 1 N–H and O–H groups in total. The molecule has 0 aromatic heterocycles. The van der Waals surface area contributed by atoms with Crippen molar-refractivity contribution in [1.29, 1.82) is 5.26 Å². The molecule has 0 saturated carbocycles. The molecule has 1 amide bonds. The van der Waals surface area contributed by atoms with Crippen LogP contribution in [-0.2, 0) is 0 Å². The number of halogens is 1. The van der Waals surface area contributed by atoms with Crippen LogP contribution in [0.5, 0.6) is 0 Å². The Balaban J connectivity index is 1.88. The van der Waals surface area contributed by atoms with Crippen LogP contribution in [0.25, 0.3) is 0 Å². The van der Waals surface area contributed by atoms with Crippen molar-refractivity contribution >= 4 is 23.0 Å². The minimum atomic E-state index is -0.693. The Kier molecular flexibility index (Phi) is 5.31. The molecule has 7 nitrogen and oxygen atoms in total. The summed E-state index contributed by atoms with van der Waals surface area (Å²) in [6.07, 6.45) is 3.03. The summed E-state index contributed by atoms with van der Waals surface area (Å²) in [6, 6.07) is 9.69. The number of nitro benzene ring substituents is 1. The standard InChI is InChI=1S/C19H17FN4O3/c20-15-6-4-13(12-21)10-16(15)22-19(25)14-5-7-17(18(11-14)24(26)27)23-8-2-1-3-9-23/h4-7,10-11H,1-3,8-9H2,(H,22,25). The van der Waals surface area contributed by atoms with E-state index in [0.717, 1.165) is 38.4 Å². The maximum Gasteiger partial charge on any atom is 0.293 e. The number of anilines is 2. The van der Waals surface area contributed by atoms with Gasteiger partial charge in [-0.25, -0.2) is 4.39 Å². The smallest absolute Gasteiger partial charge is 0.293 e. The van der Waals surface area contributed by atoms with Crippen LogP contribution in [0.2, 0.25) is 0 Å². The number of carbonyl (C=O) groups is 1. The highest BCUT2D eigenvalue weighted by molar-refractivity contribution is 6.05. The Morgan fingerprint density at radius 2 is 1.93 bits per heavy atom. The number of nitriles is 1. The topological polar surface area (TPSA) is 99.3 Å². The fourth-order valence-corrected chi connectivity index (χ4v) is 3.10. The van der Waals surface area contributed by atoms with Crippen LogP contribution in [0.1, 0.15) is 35.2 Å². The molecule has 0 atom stereocenters. The van der Waals surface area contributed by atoms with E-state index in [-0.39, 0.29) is 22.5 Å². The average molecular weight is 368 g/mol. The normalized spacial score (nSPS) is 13.7. The fourth-order valence-electron chi connectivity index (χ4n) is 3.10. The van der Waals surface area contributed by atoms with Gasteiger partial charge in [-0.15, -0.1) is 0 Å². The molecule has 0 spiro atoms. The first-order valence-electron chi connectivity index (χ1n) is 8.54. The molecule has 0 radical (unpaired) electrons. The van der Waals surface area contributed by atoms with Crippen LogP contribution in [0.15, 0.2) is 36.4 Å². The Morgan fingerprint density at radius 1 is 1.19 bits per heavy atom. The molecule has 138 valence electrons. The second-order valence-corrected chi connectivity index (χ2v) is 6.27. The molecule has 1 saturated heterocycles. The fraction of sp³-hybridized carbons (Fsp3) is 0.263. The molecular formula is C19H17FN4O3. The van der Waals surface area contributed by atoms with Crippen LogP contribution in [0, 0.1) is 27.3 Å². The third-order valence-corrected chi connectivity index (χ3v) is 4.47. The predicted molar refractivity (Wildman–Crippen MR) is 98.2 cm³/mol. The number of hydrogen-bond acceptors (Lipinski definition) is 5. The summed E-state index contributed by atoms with van der Waals surface area (Å²) in [5, 5.41) is 22.7. The largest absolute Gasteiger partial charge is 0.366 e. The van der Waals surface area contributed by atoms with E-state index >= 15 is 0 Å². The number of nitrogens with one attached hydrogen (secondary N) is 1. The van der Waals surface area contributed by atoms with E-state index in [1.54, 1.807) is 6.07 Å². The van der Waals surface area contributed by atoms with Gasteiger partial charge in [-0.3, -0.25) is 14.9 Å². The zero-order valence-electron chi connectivity index (χ0n) is 14.4. The van der Waals surface area contributed by atoms with E-state index in [0.29, 0.717) is 5.69 Å². The van der Waals surface area contributed by atoms with Crippen LogP contribution >= 0.6 is 0 Å². The van der Waals surface area contributed by atoms with E-state index in [2.05, 4.69) is 5.32 Å². The lowest BCUT2D eigenvalue weighted by Crippen LogP contribution is -2.30. The van der Waals surface area contributed by atoms with Gasteiger partial charge in [0, 0.05) is 24.7 Å². The lowest BCUT2D eigenvalue weighted by atomic mass is 10.1. The number of piperidine rings is 1. The van der Waals surface area contributed by atoms with Gasteiger partial charge in [-0.1, -0.05) is 0 Å². The van der Waals surface area contributed by atoms with Crippen molar-refractivity contribution in [2.75, 3.05) is 23.3 Å². The molecule has 27 heavy (non-hydrogen) atoms. The molecule has 2 aromatic carbocycles. The summed E-state index contributed by atoms with van der Waals surface area (Å²) in [4.78, 5) is 25.3. The molecule has 1 aliphatic rings. The van der Waals surface area contributed by atoms with Crippen LogP contribution in [0.4, 0.5) is 21.5 Å². The third kappa shape index (κ3) is 4.03. The summed E-state index contributed by atoms with van der Waals surface area (Å²) in [7, 11) is 0. The first kappa shape index (κ1) is 18.3. The second kappa shape index (κ2) is 7.83. The summed E-state index contributed by atoms with van der Waals surface area (Å²) in [6.45, 7) is 1.47. The van der Waals surface area contributed by atoms with Crippen molar-refractivity contribution < 1.29 is 14.1 Å². The summed E-state index contributed by atoms with van der Waals surface area (Å²) >= 11 is 0. The number of nitro groups is 1. The minimum Gasteiger partial charge on any atom is -0.366 e. The minimum absolute atomic E-state index is 0.0456. The molecule has 2 aromatic rings. The average Bonchev–Trinajstić information content (AvgIpc) is 2.69. The zero-order valence-corrected chi connectivity index (χ0v) is 14.4. The first-order chi connectivity index (χ1) is 13.0. The van der Waals surface area contributed by atoms with Crippen molar-refractivity contribution in [2.45, 2.75) is 19.3 Å². The molecule has 0 unspecified atom stereocenters. The number of hydrogen-bond donors (Lipinski definition) is 1. The molecule has 1 fully saturated rings. The Morgan fingerprint density at radius 3 is 2.59 bits per heavy atom. The molecular weight excluding hydrogens is 351 g/mol. The molecule has 0 aliphatic carbocycles. The Bertz CT molecular complexity index is 933. The number of benzene rings is 2. The highest BCUT2D eigenvalue weighted by Gasteiger charge is 2.23.